The molecular weight excluding hydrogens is 404 g/mol. The molecule has 3 amide bonds. The minimum atomic E-state index is -0.435. The highest BCUT2D eigenvalue weighted by Crippen LogP contribution is 2.21. The Kier molecular flexibility index (Phi) is 5.41. The summed E-state index contributed by atoms with van der Waals surface area (Å²) in [5.41, 5.74) is 3.06. The molecule has 0 unspecified atom stereocenters. The third-order valence-corrected chi connectivity index (χ3v) is 4.89. The van der Waals surface area contributed by atoms with Gasteiger partial charge in [0.2, 0.25) is 0 Å². The SMILES string of the molecule is Cc1cc(C)n(-c2ccc(Cl)c(C(=O)Nc3ccc(NC(=O)NC4CC4)cc3)n2)n1. The molecule has 0 aliphatic heterocycles. The second-order valence-electron chi connectivity index (χ2n) is 7.24. The monoisotopic (exact) mass is 424 g/mol. The van der Waals surface area contributed by atoms with E-state index >= 15 is 0 Å². The highest BCUT2D eigenvalue weighted by Gasteiger charge is 2.23. The summed E-state index contributed by atoms with van der Waals surface area (Å²) >= 11 is 6.21. The van der Waals surface area contributed by atoms with E-state index in [0.717, 1.165) is 24.2 Å². The van der Waals surface area contributed by atoms with E-state index < -0.39 is 5.91 Å². The number of carbonyl (C=O) groups is 2. The quantitative estimate of drug-likeness (QED) is 0.574. The highest BCUT2D eigenvalue weighted by molar-refractivity contribution is 6.34. The van der Waals surface area contributed by atoms with Crippen molar-refractivity contribution in [2.24, 2.45) is 0 Å². The van der Waals surface area contributed by atoms with Crippen LogP contribution in [0.25, 0.3) is 5.82 Å². The van der Waals surface area contributed by atoms with Crippen molar-refractivity contribution in [1.29, 1.82) is 0 Å². The maximum absolute atomic E-state index is 12.7. The Bertz CT molecular complexity index is 1110. The number of nitrogens with zero attached hydrogens (tertiary/aromatic N) is 3. The van der Waals surface area contributed by atoms with Gasteiger partial charge in [-0.1, -0.05) is 11.6 Å². The zero-order chi connectivity index (χ0) is 21.3. The number of anilines is 2. The Hall–Kier alpha value is -3.39. The summed E-state index contributed by atoms with van der Waals surface area (Å²) < 4.78 is 1.66. The number of halogens is 1. The molecule has 4 rings (SSSR count). The molecule has 2 aromatic heterocycles. The summed E-state index contributed by atoms with van der Waals surface area (Å²) in [6.07, 6.45) is 2.05. The Morgan fingerprint density at radius 2 is 1.70 bits per heavy atom. The number of aryl methyl sites for hydroxylation is 2. The molecule has 0 bridgehead atoms. The molecule has 0 atom stereocenters. The third kappa shape index (κ3) is 4.60. The first kappa shape index (κ1) is 19.9. The number of nitrogens with one attached hydrogen (secondary N) is 3. The summed E-state index contributed by atoms with van der Waals surface area (Å²) in [5, 5.41) is 13.0. The van der Waals surface area contributed by atoms with Gasteiger partial charge in [-0.05, 0) is 69.2 Å². The number of urea groups is 1. The summed E-state index contributed by atoms with van der Waals surface area (Å²) in [6.45, 7) is 3.80. The number of hydrogen-bond acceptors (Lipinski definition) is 4. The maximum Gasteiger partial charge on any atom is 0.319 e. The smallest absolute Gasteiger partial charge is 0.319 e. The number of aromatic nitrogens is 3. The molecule has 8 nitrogen and oxygen atoms in total. The number of carbonyl (C=O) groups excluding carboxylic acids is 2. The van der Waals surface area contributed by atoms with Crippen LogP contribution in [0.4, 0.5) is 16.2 Å². The number of rotatable bonds is 5. The summed E-state index contributed by atoms with van der Waals surface area (Å²) in [4.78, 5) is 28.9. The van der Waals surface area contributed by atoms with Crippen molar-refractivity contribution in [2.45, 2.75) is 32.7 Å². The van der Waals surface area contributed by atoms with Gasteiger partial charge in [0.1, 0.15) is 5.69 Å². The molecule has 3 N–H and O–H groups in total. The second kappa shape index (κ2) is 8.16. The van der Waals surface area contributed by atoms with Crippen molar-refractivity contribution in [3.8, 4) is 5.82 Å². The highest BCUT2D eigenvalue weighted by atomic mass is 35.5. The maximum atomic E-state index is 12.7. The molecule has 154 valence electrons. The number of benzene rings is 1. The zero-order valence-electron chi connectivity index (χ0n) is 16.6. The van der Waals surface area contributed by atoms with Gasteiger partial charge in [-0.2, -0.15) is 5.10 Å². The first-order chi connectivity index (χ1) is 14.4. The van der Waals surface area contributed by atoms with Gasteiger partial charge in [0.15, 0.2) is 5.82 Å². The van der Waals surface area contributed by atoms with Gasteiger partial charge in [0.05, 0.1) is 10.7 Å². The van der Waals surface area contributed by atoms with Crippen molar-refractivity contribution < 1.29 is 9.59 Å². The van der Waals surface area contributed by atoms with E-state index in [1.807, 2.05) is 19.9 Å². The minimum absolute atomic E-state index is 0.104. The number of amides is 3. The predicted molar refractivity (Wildman–Crippen MR) is 115 cm³/mol. The zero-order valence-corrected chi connectivity index (χ0v) is 17.3. The molecular formula is C21H21ClN6O2. The summed E-state index contributed by atoms with van der Waals surface area (Å²) in [6, 6.07) is 12.1. The molecule has 1 aromatic carbocycles. The molecule has 0 radical (unpaired) electrons. The fraction of sp³-hybridized carbons (Fsp3) is 0.238. The molecule has 30 heavy (non-hydrogen) atoms. The average molecular weight is 425 g/mol. The largest absolute Gasteiger partial charge is 0.335 e. The van der Waals surface area contributed by atoms with E-state index in [0.29, 0.717) is 17.2 Å². The van der Waals surface area contributed by atoms with Crippen LogP contribution in [0.2, 0.25) is 5.02 Å². The van der Waals surface area contributed by atoms with Crippen LogP contribution >= 0.6 is 11.6 Å². The first-order valence-electron chi connectivity index (χ1n) is 9.58. The van der Waals surface area contributed by atoms with Crippen LogP contribution in [0.15, 0.2) is 42.5 Å². The van der Waals surface area contributed by atoms with E-state index in [9.17, 15) is 9.59 Å². The molecule has 3 aromatic rings. The third-order valence-electron chi connectivity index (χ3n) is 4.59. The molecule has 2 heterocycles. The molecule has 9 heteroatoms. The van der Waals surface area contributed by atoms with Crippen LogP contribution in [0.5, 0.6) is 0 Å². The summed E-state index contributed by atoms with van der Waals surface area (Å²) in [7, 11) is 0. The van der Waals surface area contributed by atoms with E-state index in [-0.39, 0.29) is 22.8 Å². The van der Waals surface area contributed by atoms with E-state index in [1.165, 1.54) is 0 Å². The van der Waals surface area contributed by atoms with Crippen LogP contribution in [-0.4, -0.2) is 32.7 Å². The second-order valence-corrected chi connectivity index (χ2v) is 7.65. The predicted octanol–water partition coefficient (Wildman–Crippen LogP) is 4.07. The first-order valence-corrected chi connectivity index (χ1v) is 9.96. The lowest BCUT2D eigenvalue weighted by molar-refractivity contribution is 0.102. The molecule has 1 aliphatic rings. The van der Waals surface area contributed by atoms with Gasteiger partial charge in [-0.3, -0.25) is 4.79 Å². The lowest BCUT2D eigenvalue weighted by Crippen LogP contribution is -2.30. The van der Waals surface area contributed by atoms with Gasteiger partial charge >= 0.3 is 6.03 Å². The number of hydrogen-bond donors (Lipinski definition) is 3. The van der Waals surface area contributed by atoms with Crippen molar-refractivity contribution in [3.05, 3.63) is 64.6 Å². The van der Waals surface area contributed by atoms with E-state index in [1.54, 1.807) is 41.1 Å². The van der Waals surface area contributed by atoms with Gasteiger partial charge in [0, 0.05) is 23.1 Å². The van der Waals surface area contributed by atoms with Crippen LogP contribution in [-0.2, 0) is 0 Å². The Labute approximate surface area is 178 Å². The number of pyridine rings is 1. The van der Waals surface area contributed by atoms with Crippen molar-refractivity contribution in [3.63, 3.8) is 0 Å². The van der Waals surface area contributed by atoms with Crippen molar-refractivity contribution in [2.75, 3.05) is 10.6 Å². The molecule has 1 saturated carbocycles. The van der Waals surface area contributed by atoms with Crippen LogP contribution in [0.3, 0.4) is 0 Å². The van der Waals surface area contributed by atoms with Crippen molar-refractivity contribution >= 4 is 34.9 Å². The fourth-order valence-electron chi connectivity index (χ4n) is 2.98. The normalized spacial score (nSPS) is 13.0. The van der Waals surface area contributed by atoms with Gasteiger partial charge < -0.3 is 16.0 Å². The van der Waals surface area contributed by atoms with Crippen LogP contribution < -0.4 is 16.0 Å². The fourth-order valence-corrected chi connectivity index (χ4v) is 3.17. The molecule has 0 spiro atoms. The lowest BCUT2D eigenvalue weighted by atomic mass is 10.2. The average Bonchev–Trinajstić information content (AvgIpc) is 3.45. The molecule has 1 aliphatic carbocycles. The Morgan fingerprint density at radius 1 is 1.03 bits per heavy atom. The van der Waals surface area contributed by atoms with E-state index in [2.05, 4.69) is 26.0 Å². The minimum Gasteiger partial charge on any atom is -0.335 e. The standard InChI is InChI=1S/C21H21ClN6O2/c1-12-11-13(2)28(27-12)18-10-9-17(22)19(26-18)20(29)23-14-3-5-15(6-4-14)24-21(30)25-16-7-8-16/h3-6,9-11,16H,7-8H2,1-2H3,(H,23,29)(H2,24,25,30). The lowest BCUT2D eigenvalue weighted by Gasteiger charge is -2.10. The summed E-state index contributed by atoms with van der Waals surface area (Å²) in [5.74, 6) is 0.0759. The van der Waals surface area contributed by atoms with Crippen molar-refractivity contribution in [1.82, 2.24) is 20.1 Å². The van der Waals surface area contributed by atoms with Crippen LogP contribution in [0.1, 0.15) is 34.7 Å². The van der Waals surface area contributed by atoms with Gasteiger partial charge in [-0.15, -0.1) is 0 Å². The van der Waals surface area contributed by atoms with Gasteiger partial charge in [-0.25, -0.2) is 14.5 Å². The molecule has 1 fully saturated rings. The van der Waals surface area contributed by atoms with Crippen LogP contribution in [0, 0.1) is 13.8 Å². The Balaban J connectivity index is 1.46. The van der Waals surface area contributed by atoms with E-state index in [4.69, 9.17) is 11.6 Å². The molecule has 0 saturated heterocycles. The Morgan fingerprint density at radius 3 is 2.30 bits per heavy atom. The van der Waals surface area contributed by atoms with Gasteiger partial charge in [0.25, 0.3) is 5.91 Å². The topological polar surface area (TPSA) is 101 Å².